The first-order chi connectivity index (χ1) is 7.58. The fourth-order valence-corrected chi connectivity index (χ4v) is 1.88. The van der Waals surface area contributed by atoms with Crippen molar-refractivity contribution in [3.8, 4) is 6.07 Å². The van der Waals surface area contributed by atoms with Crippen LogP contribution < -0.4 is 4.90 Å². The van der Waals surface area contributed by atoms with Gasteiger partial charge < -0.3 is 4.90 Å². The number of nitriles is 1. The lowest BCUT2D eigenvalue weighted by atomic mass is 10.1. The van der Waals surface area contributed by atoms with E-state index < -0.39 is 0 Å². The van der Waals surface area contributed by atoms with Crippen LogP contribution in [0.5, 0.6) is 0 Å². The topological polar surface area (TPSA) is 27.0 Å². The van der Waals surface area contributed by atoms with Crippen molar-refractivity contribution in [1.29, 1.82) is 5.26 Å². The molecule has 0 aliphatic carbocycles. The number of halogens is 1. The molecule has 0 atom stereocenters. The summed E-state index contributed by atoms with van der Waals surface area (Å²) in [7, 11) is 0. The third kappa shape index (κ3) is 3.15. The summed E-state index contributed by atoms with van der Waals surface area (Å²) in [5, 5.41) is 9.70. The van der Waals surface area contributed by atoms with Crippen LogP contribution in [0.1, 0.15) is 26.3 Å². The Kier molecular flexibility index (Phi) is 4.64. The lowest BCUT2D eigenvalue weighted by molar-refractivity contribution is 0.618. The lowest BCUT2D eigenvalue weighted by Gasteiger charge is -2.26. The van der Waals surface area contributed by atoms with Gasteiger partial charge in [0.2, 0.25) is 0 Å². The van der Waals surface area contributed by atoms with E-state index in [1.165, 1.54) is 0 Å². The van der Waals surface area contributed by atoms with Gasteiger partial charge in [-0.15, -0.1) is 0 Å². The van der Waals surface area contributed by atoms with E-state index in [-0.39, 0.29) is 0 Å². The average molecular weight is 237 g/mol. The molecule has 1 aromatic rings. The molecule has 86 valence electrons. The van der Waals surface area contributed by atoms with Crippen LogP contribution in [-0.4, -0.2) is 13.1 Å². The number of hydrogen-bond donors (Lipinski definition) is 0. The second-order valence-corrected chi connectivity index (χ2v) is 4.64. The molecule has 0 amide bonds. The Balaban J connectivity index is 3.05. The molecule has 0 aromatic heterocycles. The van der Waals surface area contributed by atoms with E-state index >= 15 is 0 Å². The van der Waals surface area contributed by atoms with Crippen molar-refractivity contribution < 1.29 is 0 Å². The maximum atomic E-state index is 9.09. The highest BCUT2D eigenvalue weighted by Gasteiger charge is 2.11. The Morgan fingerprint density at radius 1 is 1.44 bits per heavy atom. The SMILES string of the molecule is CCN(CC(C)C)c1ccc(Cl)cc1C#N. The molecule has 3 heteroatoms. The molecule has 0 bridgehead atoms. The Morgan fingerprint density at radius 2 is 2.12 bits per heavy atom. The van der Waals surface area contributed by atoms with Crippen molar-refractivity contribution in [3.63, 3.8) is 0 Å². The predicted octanol–water partition coefficient (Wildman–Crippen LogP) is 3.69. The van der Waals surface area contributed by atoms with Gasteiger partial charge in [-0.25, -0.2) is 0 Å². The largest absolute Gasteiger partial charge is 0.370 e. The van der Waals surface area contributed by atoms with Gasteiger partial charge in [0.15, 0.2) is 0 Å². The molecular weight excluding hydrogens is 220 g/mol. The molecule has 0 fully saturated rings. The standard InChI is InChI=1S/C13H17ClN2/c1-4-16(9-10(2)3)13-6-5-12(14)7-11(13)8-15/h5-7,10H,4,9H2,1-3H3. The molecule has 1 rings (SSSR count). The van der Waals surface area contributed by atoms with Crippen LogP contribution in [0.15, 0.2) is 18.2 Å². The maximum absolute atomic E-state index is 9.09. The lowest BCUT2D eigenvalue weighted by Crippen LogP contribution is -2.27. The van der Waals surface area contributed by atoms with Gasteiger partial charge in [0.25, 0.3) is 0 Å². The fourth-order valence-electron chi connectivity index (χ4n) is 1.71. The molecule has 0 heterocycles. The number of rotatable bonds is 4. The Hall–Kier alpha value is -1.20. The minimum atomic E-state index is 0.571. The van der Waals surface area contributed by atoms with E-state index in [4.69, 9.17) is 16.9 Å². The van der Waals surface area contributed by atoms with E-state index in [0.717, 1.165) is 18.8 Å². The molecule has 0 saturated carbocycles. The van der Waals surface area contributed by atoms with Gasteiger partial charge in [-0.1, -0.05) is 25.4 Å². The molecule has 0 aliphatic rings. The number of anilines is 1. The van der Waals surface area contributed by atoms with E-state index in [1.54, 1.807) is 6.07 Å². The predicted molar refractivity (Wildman–Crippen MR) is 68.9 cm³/mol. The summed E-state index contributed by atoms with van der Waals surface area (Å²) in [6, 6.07) is 7.68. The summed E-state index contributed by atoms with van der Waals surface area (Å²) in [5.41, 5.74) is 1.62. The molecular formula is C13H17ClN2. The second-order valence-electron chi connectivity index (χ2n) is 4.21. The highest BCUT2D eigenvalue weighted by molar-refractivity contribution is 6.30. The second kappa shape index (κ2) is 5.77. The normalized spacial score (nSPS) is 10.2. The molecule has 0 N–H and O–H groups in total. The van der Waals surface area contributed by atoms with Crippen molar-refractivity contribution in [1.82, 2.24) is 0 Å². The highest BCUT2D eigenvalue weighted by atomic mass is 35.5. The smallest absolute Gasteiger partial charge is 0.101 e. The van der Waals surface area contributed by atoms with Gasteiger partial charge in [0.05, 0.1) is 11.3 Å². The summed E-state index contributed by atoms with van der Waals surface area (Å²) in [6.07, 6.45) is 0. The summed E-state index contributed by atoms with van der Waals surface area (Å²) in [4.78, 5) is 2.21. The molecule has 0 spiro atoms. The van der Waals surface area contributed by atoms with Gasteiger partial charge >= 0.3 is 0 Å². The van der Waals surface area contributed by atoms with Crippen LogP contribution in [0, 0.1) is 17.2 Å². The Labute approximate surface area is 102 Å². The number of hydrogen-bond acceptors (Lipinski definition) is 2. The van der Waals surface area contributed by atoms with Crippen LogP contribution in [0.25, 0.3) is 0 Å². The summed E-state index contributed by atoms with van der Waals surface area (Å²) >= 11 is 5.88. The highest BCUT2D eigenvalue weighted by Crippen LogP contribution is 2.24. The van der Waals surface area contributed by atoms with Crippen molar-refractivity contribution in [3.05, 3.63) is 28.8 Å². The first-order valence-electron chi connectivity index (χ1n) is 5.53. The maximum Gasteiger partial charge on any atom is 0.101 e. The Bertz CT molecular complexity index is 393. The van der Waals surface area contributed by atoms with Crippen LogP contribution in [-0.2, 0) is 0 Å². The van der Waals surface area contributed by atoms with E-state index in [2.05, 4.69) is 31.7 Å². The molecule has 2 nitrogen and oxygen atoms in total. The van der Waals surface area contributed by atoms with Crippen LogP contribution in [0.4, 0.5) is 5.69 Å². The summed E-state index contributed by atoms with van der Waals surface area (Å²) < 4.78 is 0. The van der Waals surface area contributed by atoms with Crippen molar-refractivity contribution in [2.75, 3.05) is 18.0 Å². The van der Waals surface area contributed by atoms with E-state index in [0.29, 0.717) is 16.5 Å². The first kappa shape index (κ1) is 12.9. The third-order valence-electron chi connectivity index (χ3n) is 2.39. The van der Waals surface area contributed by atoms with E-state index in [1.807, 2.05) is 12.1 Å². The van der Waals surface area contributed by atoms with Crippen LogP contribution >= 0.6 is 11.6 Å². The molecule has 0 radical (unpaired) electrons. The van der Waals surface area contributed by atoms with Gasteiger partial charge in [0.1, 0.15) is 6.07 Å². The van der Waals surface area contributed by atoms with Gasteiger partial charge in [0, 0.05) is 18.1 Å². The summed E-state index contributed by atoms with van der Waals surface area (Å²) in [6.45, 7) is 8.29. The van der Waals surface area contributed by atoms with Crippen molar-refractivity contribution in [2.45, 2.75) is 20.8 Å². The van der Waals surface area contributed by atoms with Gasteiger partial charge in [-0.3, -0.25) is 0 Å². The first-order valence-corrected chi connectivity index (χ1v) is 5.90. The molecule has 0 aliphatic heterocycles. The van der Waals surface area contributed by atoms with Crippen LogP contribution in [0.2, 0.25) is 5.02 Å². The van der Waals surface area contributed by atoms with Crippen LogP contribution in [0.3, 0.4) is 0 Å². The van der Waals surface area contributed by atoms with Crippen molar-refractivity contribution in [2.24, 2.45) is 5.92 Å². The molecule has 16 heavy (non-hydrogen) atoms. The van der Waals surface area contributed by atoms with Gasteiger partial charge in [-0.2, -0.15) is 5.26 Å². The molecule has 0 saturated heterocycles. The zero-order valence-corrected chi connectivity index (χ0v) is 10.8. The molecule has 0 unspecified atom stereocenters. The third-order valence-corrected chi connectivity index (χ3v) is 2.62. The van der Waals surface area contributed by atoms with Crippen molar-refractivity contribution >= 4 is 17.3 Å². The minimum absolute atomic E-state index is 0.571. The Morgan fingerprint density at radius 3 is 2.62 bits per heavy atom. The molecule has 1 aromatic carbocycles. The minimum Gasteiger partial charge on any atom is -0.370 e. The quantitative estimate of drug-likeness (QED) is 0.797. The monoisotopic (exact) mass is 236 g/mol. The number of nitrogens with zero attached hydrogens (tertiary/aromatic N) is 2. The zero-order valence-electron chi connectivity index (χ0n) is 10.00. The summed E-state index contributed by atoms with van der Waals surface area (Å²) in [5.74, 6) is 0.571. The zero-order chi connectivity index (χ0) is 12.1. The average Bonchev–Trinajstić information content (AvgIpc) is 2.25. The van der Waals surface area contributed by atoms with Gasteiger partial charge in [-0.05, 0) is 31.0 Å². The fraction of sp³-hybridized carbons (Fsp3) is 0.462. The van der Waals surface area contributed by atoms with E-state index in [9.17, 15) is 0 Å². The number of benzene rings is 1.